The van der Waals surface area contributed by atoms with E-state index in [4.69, 9.17) is 11.6 Å². The van der Waals surface area contributed by atoms with E-state index in [1.54, 1.807) is 0 Å². The molecule has 1 aliphatic carbocycles. The zero-order valence-corrected chi connectivity index (χ0v) is 15.6. The first kappa shape index (κ1) is 18.4. The first-order valence-electron chi connectivity index (χ1n) is 8.60. The van der Waals surface area contributed by atoms with Crippen molar-refractivity contribution in [3.8, 4) is 6.07 Å². The largest absolute Gasteiger partial charge is 0.392 e. The SMILES string of the molecule is CC1(C)[C@@H](O)C[C@H]1Nc1nc(NCCc2ccc(Cl)cc2)ncc1C#N. The number of aromatic nitrogens is 2. The van der Waals surface area contributed by atoms with Crippen molar-refractivity contribution in [3.05, 3.63) is 46.6 Å². The molecule has 3 rings (SSSR count). The summed E-state index contributed by atoms with van der Waals surface area (Å²) in [6.07, 6.45) is 2.62. The van der Waals surface area contributed by atoms with Crippen LogP contribution in [0.1, 0.15) is 31.4 Å². The highest BCUT2D eigenvalue weighted by Gasteiger charge is 2.47. The lowest BCUT2D eigenvalue weighted by Crippen LogP contribution is -2.57. The minimum absolute atomic E-state index is 0.0708. The maximum absolute atomic E-state index is 9.89. The molecule has 1 aromatic heterocycles. The van der Waals surface area contributed by atoms with Crippen molar-refractivity contribution in [1.82, 2.24) is 9.97 Å². The van der Waals surface area contributed by atoms with Crippen molar-refractivity contribution in [2.24, 2.45) is 5.41 Å². The lowest BCUT2D eigenvalue weighted by Gasteiger charge is -2.49. The van der Waals surface area contributed by atoms with Crippen LogP contribution in [0, 0.1) is 16.7 Å². The number of hydrogen-bond donors (Lipinski definition) is 3. The third-order valence-electron chi connectivity index (χ3n) is 5.05. The van der Waals surface area contributed by atoms with Crippen LogP contribution >= 0.6 is 11.6 Å². The van der Waals surface area contributed by atoms with Gasteiger partial charge in [-0.2, -0.15) is 10.2 Å². The molecule has 2 atom stereocenters. The van der Waals surface area contributed by atoms with Gasteiger partial charge in [-0.05, 0) is 30.5 Å². The molecule has 0 unspecified atom stereocenters. The van der Waals surface area contributed by atoms with Crippen LogP contribution < -0.4 is 10.6 Å². The maximum atomic E-state index is 9.89. The number of halogens is 1. The van der Waals surface area contributed by atoms with Gasteiger partial charge in [-0.25, -0.2) is 4.98 Å². The van der Waals surface area contributed by atoms with E-state index in [2.05, 4.69) is 26.7 Å². The Kier molecular flexibility index (Phi) is 5.30. The number of aliphatic hydroxyl groups excluding tert-OH is 1. The number of nitriles is 1. The van der Waals surface area contributed by atoms with Crippen molar-refractivity contribution in [3.63, 3.8) is 0 Å². The van der Waals surface area contributed by atoms with Gasteiger partial charge in [-0.1, -0.05) is 37.6 Å². The molecule has 136 valence electrons. The van der Waals surface area contributed by atoms with Gasteiger partial charge in [0.2, 0.25) is 5.95 Å². The van der Waals surface area contributed by atoms with Crippen molar-refractivity contribution < 1.29 is 5.11 Å². The van der Waals surface area contributed by atoms with Crippen LogP contribution in [-0.2, 0) is 6.42 Å². The second-order valence-corrected chi connectivity index (χ2v) is 7.58. The number of benzene rings is 1. The number of hydrogen-bond acceptors (Lipinski definition) is 6. The third kappa shape index (κ3) is 3.90. The Morgan fingerprint density at radius 1 is 1.35 bits per heavy atom. The quantitative estimate of drug-likeness (QED) is 0.721. The molecule has 6 nitrogen and oxygen atoms in total. The Balaban J connectivity index is 1.63. The Morgan fingerprint density at radius 3 is 2.69 bits per heavy atom. The highest BCUT2D eigenvalue weighted by Crippen LogP contribution is 2.42. The van der Waals surface area contributed by atoms with Gasteiger partial charge in [0.05, 0.1) is 12.3 Å². The van der Waals surface area contributed by atoms with E-state index < -0.39 is 0 Å². The normalized spacial score (nSPS) is 20.7. The first-order chi connectivity index (χ1) is 12.4. The Hall–Kier alpha value is -2.36. The van der Waals surface area contributed by atoms with E-state index in [1.165, 1.54) is 11.8 Å². The molecule has 0 bridgehead atoms. The minimum Gasteiger partial charge on any atom is -0.392 e. The van der Waals surface area contributed by atoms with E-state index in [0.717, 1.165) is 11.4 Å². The van der Waals surface area contributed by atoms with Gasteiger partial charge in [-0.3, -0.25) is 0 Å². The Bertz CT molecular complexity index is 816. The van der Waals surface area contributed by atoms with Crippen LogP contribution in [0.3, 0.4) is 0 Å². The van der Waals surface area contributed by atoms with E-state index in [1.807, 2.05) is 38.1 Å². The molecule has 0 spiro atoms. The lowest BCUT2D eigenvalue weighted by molar-refractivity contribution is -0.0511. The zero-order valence-electron chi connectivity index (χ0n) is 14.8. The van der Waals surface area contributed by atoms with Crippen LogP contribution in [0.25, 0.3) is 0 Å². The van der Waals surface area contributed by atoms with Gasteiger partial charge in [0, 0.05) is 23.0 Å². The molecule has 1 aromatic carbocycles. The summed E-state index contributed by atoms with van der Waals surface area (Å²) in [6.45, 7) is 4.66. The molecule has 3 N–H and O–H groups in total. The number of rotatable bonds is 6. The van der Waals surface area contributed by atoms with Crippen LogP contribution in [0.4, 0.5) is 11.8 Å². The Labute approximate surface area is 158 Å². The van der Waals surface area contributed by atoms with Crippen LogP contribution in [-0.4, -0.2) is 33.8 Å². The molecule has 1 aliphatic rings. The highest BCUT2D eigenvalue weighted by molar-refractivity contribution is 6.30. The second-order valence-electron chi connectivity index (χ2n) is 7.14. The first-order valence-corrected chi connectivity index (χ1v) is 8.98. The van der Waals surface area contributed by atoms with Gasteiger partial charge in [0.15, 0.2) is 0 Å². The van der Waals surface area contributed by atoms with Crippen molar-refractivity contribution >= 4 is 23.4 Å². The standard InChI is InChI=1S/C19H22ClN5O/c1-19(2)15(9-16(19)26)24-17-13(10-21)11-23-18(25-17)22-8-7-12-3-5-14(20)6-4-12/h3-6,11,15-16,26H,7-9H2,1-2H3,(H2,22,23,24,25)/t15-,16+/m1/s1. The summed E-state index contributed by atoms with van der Waals surface area (Å²) in [6, 6.07) is 9.89. The lowest BCUT2D eigenvalue weighted by atomic mass is 9.64. The number of aliphatic hydroxyl groups is 1. The minimum atomic E-state index is -0.343. The molecular formula is C19H22ClN5O. The predicted octanol–water partition coefficient (Wildman–Crippen LogP) is 3.23. The average Bonchev–Trinajstić information content (AvgIpc) is 2.63. The van der Waals surface area contributed by atoms with Crippen molar-refractivity contribution in [1.29, 1.82) is 5.26 Å². The molecular weight excluding hydrogens is 350 g/mol. The van der Waals surface area contributed by atoms with E-state index in [9.17, 15) is 10.4 Å². The Morgan fingerprint density at radius 2 is 2.08 bits per heavy atom. The molecule has 0 aliphatic heterocycles. The molecule has 0 radical (unpaired) electrons. The molecule has 2 aromatic rings. The summed E-state index contributed by atoms with van der Waals surface area (Å²) in [5.41, 5.74) is 1.31. The van der Waals surface area contributed by atoms with Gasteiger partial charge in [0.25, 0.3) is 0 Å². The van der Waals surface area contributed by atoms with Gasteiger partial charge >= 0.3 is 0 Å². The van der Waals surface area contributed by atoms with E-state index >= 15 is 0 Å². The third-order valence-corrected chi connectivity index (χ3v) is 5.30. The number of nitrogens with zero attached hydrogens (tertiary/aromatic N) is 3. The molecule has 1 fully saturated rings. The summed E-state index contributed by atoms with van der Waals surface area (Å²) < 4.78 is 0. The summed E-state index contributed by atoms with van der Waals surface area (Å²) in [5, 5.41) is 26.4. The van der Waals surface area contributed by atoms with Crippen LogP contribution in [0.15, 0.2) is 30.5 Å². The topological polar surface area (TPSA) is 93.9 Å². The fourth-order valence-electron chi connectivity index (χ4n) is 2.94. The second kappa shape index (κ2) is 7.48. The smallest absolute Gasteiger partial charge is 0.224 e. The number of anilines is 2. The average molecular weight is 372 g/mol. The van der Waals surface area contributed by atoms with Crippen molar-refractivity contribution in [2.45, 2.75) is 38.8 Å². The van der Waals surface area contributed by atoms with E-state index in [0.29, 0.717) is 30.3 Å². The fourth-order valence-corrected chi connectivity index (χ4v) is 3.07. The summed E-state index contributed by atoms with van der Waals surface area (Å²) >= 11 is 5.89. The highest BCUT2D eigenvalue weighted by atomic mass is 35.5. The predicted molar refractivity (Wildman–Crippen MR) is 102 cm³/mol. The monoisotopic (exact) mass is 371 g/mol. The van der Waals surface area contributed by atoms with Crippen molar-refractivity contribution in [2.75, 3.05) is 17.2 Å². The van der Waals surface area contributed by atoms with Gasteiger partial charge < -0.3 is 15.7 Å². The molecule has 7 heteroatoms. The molecule has 1 heterocycles. The summed E-state index contributed by atoms with van der Waals surface area (Å²) in [7, 11) is 0. The fraction of sp³-hybridized carbons (Fsp3) is 0.421. The molecule has 1 saturated carbocycles. The van der Waals surface area contributed by atoms with E-state index in [-0.39, 0.29) is 17.6 Å². The summed E-state index contributed by atoms with van der Waals surface area (Å²) in [5.74, 6) is 0.972. The van der Waals surface area contributed by atoms with Crippen LogP contribution in [0.5, 0.6) is 0 Å². The number of nitrogens with one attached hydrogen (secondary N) is 2. The van der Waals surface area contributed by atoms with Gasteiger partial charge in [0.1, 0.15) is 17.5 Å². The molecule has 0 amide bonds. The maximum Gasteiger partial charge on any atom is 0.224 e. The zero-order chi connectivity index (χ0) is 18.7. The molecule has 0 saturated heterocycles. The van der Waals surface area contributed by atoms with Gasteiger partial charge in [-0.15, -0.1) is 0 Å². The molecule has 26 heavy (non-hydrogen) atoms. The summed E-state index contributed by atoms with van der Waals surface area (Å²) in [4.78, 5) is 8.65. The van der Waals surface area contributed by atoms with Crippen LogP contribution in [0.2, 0.25) is 5.02 Å².